The zero-order chi connectivity index (χ0) is 12.6. The van der Waals surface area contributed by atoms with Crippen LogP contribution in [0.2, 0.25) is 0 Å². The van der Waals surface area contributed by atoms with Gasteiger partial charge in [-0.25, -0.2) is 0 Å². The predicted molar refractivity (Wildman–Crippen MR) is 74.5 cm³/mol. The third kappa shape index (κ3) is 2.32. The Hall–Kier alpha value is -1.02. The second-order valence-electron chi connectivity index (χ2n) is 6.01. The van der Waals surface area contributed by atoms with Crippen LogP contribution in [0, 0.1) is 19.3 Å². The van der Waals surface area contributed by atoms with Crippen molar-refractivity contribution in [3.63, 3.8) is 0 Å². The van der Waals surface area contributed by atoms with Crippen LogP contribution in [-0.4, -0.2) is 19.1 Å². The van der Waals surface area contributed by atoms with Gasteiger partial charge < -0.3 is 10.6 Å². The topological polar surface area (TPSA) is 29.3 Å². The van der Waals surface area contributed by atoms with Gasteiger partial charge in [0.25, 0.3) is 0 Å². The molecule has 1 aromatic rings. The first-order chi connectivity index (χ1) is 7.92. The van der Waals surface area contributed by atoms with E-state index in [0.717, 1.165) is 13.1 Å². The second kappa shape index (κ2) is 4.34. The third-order valence-electron chi connectivity index (χ3n) is 4.36. The van der Waals surface area contributed by atoms with Crippen molar-refractivity contribution < 1.29 is 0 Å². The first kappa shape index (κ1) is 12.4. The summed E-state index contributed by atoms with van der Waals surface area (Å²) in [5.74, 6) is 0. The van der Waals surface area contributed by atoms with E-state index in [1.165, 1.54) is 23.2 Å². The van der Waals surface area contributed by atoms with Gasteiger partial charge >= 0.3 is 0 Å². The average molecular weight is 232 g/mol. The monoisotopic (exact) mass is 232 g/mol. The molecule has 0 saturated carbocycles. The lowest BCUT2D eigenvalue weighted by Crippen LogP contribution is -2.53. The van der Waals surface area contributed by atoms with Gasteiger partial charge in [0.05, 0.1) is 0 Å². The summed E-state index contributed by atoms with van der Waals surface area (Å²) in [7, 11) is 0. The van der Waals surface area contributed by atoms with Crippen molar-refractivity contribution >= 4 is 5.69 Å². The van der Waals surface area contributed by atoms with Crippen LogP contribution < -0.4 is 10.6 Å². The Balaban J connectivity index is 2.23. The summed E-state index contributed by atoms with van der Waals surface area (Å²) in [6.45, 7) is 11.0. The van der Waals surface area contributed by atoms with Gasteiger partial charge in [0.1, 0.15) is 0 Å². The van der Waals surface area contributed by atoms with E-state index < -0.39 is 0 Å². The van der Waals surface area contributed by atoms with Gasteiger partial charge in [-0.2, -0.15) is 0 Å². The van der Waals surface area contributed by atoms with E-state index >= 15 is 0 Å². The maximum Gasteiger partial charge on any atom is 0.0399 e. The highest BCUT2D eigenvalue weighted by molar-refractivity contribution is 5.56. The maximum atomic E-state index is 6.29. The number of nitrogens with two attached hydrogens (primary N) is 1. The molecule has 1 atom stereocenters. The molecule has 1 heterocycles. The van der Waals surface area contributed by atoms with Gasteiger partial charge in [0.15, 0.2) is 0 Å². The summed E-state index contributed by atoms with van der Waals surface area (Å²) >= 11 is 0. The largest absolute Gasteiger partial charge is 0.370 e. The zero-order valence-electron chi connectivity index (χ0n) is 11.5. The van der Waals surface area contributed by atoms with E-state index in [2.05, 4.69) is 50.8 Å². The number of rotatable bonds is 1. The number of aryl methyl sites for hydroxylation is 1. The fraction of sp³-hybridized carbons (Fsp3) is 0.600. The molecule has 2 N–H and O–H groups in total. The summed E-state index contributed by atoms with van der Waals surface area (Å²) in [5.41, 5.74) is 10.7. The van der Waals surface area contributed by atoms with E-state index in [0.29, 0.717) is 0 Å². The van der Waals surface area contributed by atoms with Crippen LogP contribution in [-0.2, 0) is 0 Å². The molecule has 1 fully saturated rings. The third-order valence-corrected chi connectivity index (χ3v) is 4.36. The minimum absolute atomic E-state index is 0.260. The van der Waals surface area contributed by atoms with Crippen molar-refractivity contribution in [1.29, 1.82) is 0 Å². The number of benzene rings is 1. The van der Waals surface area contributed by atoms with E-state index in [1.54, 1.807) is 0 Å². The average Bonchev–Trinajstić information content (AvgIpc) is 2.26. The predicted octanol–water partition coefficient (Wildman–Crippen LogP) is 2.87. The highest BCUT2D eigenvalue weighted by Crippen LogP contribution is 2.33. The first-order valence-electron chi connectivity index (χ1n) is 6.48. The maximum absolute atomic E-state index is 6.29. The smallest absolute Gasteiger partial charge is 0.0399 e. The lowest BCUT2D eigenvalue weighted by Gasteiger charge is -2.43. The Morgan fingerprint density at radius 3 is 2.65 bits per heavy atom. The number of hydrogen-bond donors (Lipinski definition) is 1. The molecule has 0 radical (unpaired) electrons. The van der Waals surface area contributed by atoms with E-state index in [-0.39, 0.29) is 11.5 Å². The lowest BCUT2D eigenvalue weighted by molar-refractivity contribution is 0.235. The van der Waals surface area contributed by atoms with Crippen molar-refractivity contribution in [2.24, 2.45) is 11.1 Å². The standard InChI is InChI=1S/C15H24N2/c1-11-6-5-7-13(12(11)2)17-9-8-15(3,4)14(16)10-17/h5-7,14H,8-10,16H2,1-4H3. The van der Waals surface area contributed by atoms with E-state index in [4.69, 9.17) is 5.73 Å². The van der Waals surface area contributed by atoms with Crippen LogP contribution in [0.5, 0.6) is 0 Å². The molecule has 1 aromatic carbocycles. The molecule has 0 aliphatic carbocycles. The van der Waals surface area contributed by atoms with Crippen LogP contribution in [0.15, 0.2) is 18.2 Å². The van der Waals surface area contributed by atoms with Gasteiger partial charge in [-0.05, 0) is 42.9 Å². The molecule has 1 aliphatic heterocycles. The van der Waals surface area contributed by atoms with Crippen molar-refractivity contribution in [3.05, 3.63) is 29.3 Å². The molecular weight excluding hydrogens is 208 g/mol. The first-order valence-corrected chi connectivity index (χ1v) is 6.48. The molecule has 0 aromatic heterocycles. The summed E-state index contributed by atoms with van der Waals surface area (Å²) < 4.78 is 0. The van der Waals surface area contributed by atoms with Gasteiger partial charge in [-0.1, -0.05) is 26.0 Å². The van der Waals surface area contributed by atoms with Crippen molar-refractivity contribution in [1.82, 2.24) is 0 Å². The summed E-state index contributed by atoms with van der Waals surface area (Å²) in [6.07, 6.45) is 1.17. The SMILES string of the molecule is Cc1cccc(N2CCC(C)(C)C(N)C2)c1C. The number of anilines is 1. The Bertz CT molecular complexity index is 409. The van der Waals surface area contributed by atoms with Crippen LogP contribution >= 0.6 is 0 Å². The molecule has 2 rings (SSSR count). The summed E-state index contributed by atoms with van der Waals surface area (Å²) in [6, 6.07) is 6.79. The molecule has 17 heavy (non-hydrogen) atoms. The van der Waals surface area contributed by atoms with Gasteiger partial charge in [-0.15, -0.1) is 0 Å². The Morgan fingerprint density at radius 2 is 2.00 bits per heavy atom. The van der Waals surface area contributed by atoms with Gasteiger partial charge in [0, 0.05) is 24.8 Å². The highest BCUT2D eigenvalue weighted by atomic mass is 15.2. The number of hydrogen-bond acceptors (Lipinski definition) is 2. The van der Waals surface area contributed by atoms with Crippen LogP contribution in [0.1, 0.15) is 31.4 Å². The Labute approximate surface area is 105 Å². The highest BCUT2D eigenvalue weighted by Gasteiger charge is 2.33. The molecule has 0 bridgehead atoms. The van der Waals surface area contributed by atoms with E-state index in [9.17, 15) is 0 Å². The van der Waals surface area contributed by atoms with Crippen LogP contribution in [0.4, 0.5) is 5.69 Å². The molecular formula is C15H24N2. The van der Waals surface area contributed by atoms with Gasteiger partial charge in [0.2, 0.25) is 0 Å². The number of nitrogens with zero attached hydrogens (tertiary/aromatic N) is 1. The molecule has 2 heteroatoms. The number of piperidine rings is 1. The van der Waals surface area contributed by atoms with Crippen LogP contribution in [0.25, 0.3) is 0 Å². The van der Waals surface area contributed by atoms with Crippen molar-refractivity contribution in [2.75, 3.05) is 18.0 Å². The Morgan fingerprint density at radius 1 is 1.29 bits per heavy atom. The second-order valence-corrected chi connectivity index (χ2v) is 6.01. The molecule has 1 aliphatic rings. The Kier molecular flexibility index (Phi) is 3.17. The minimum Gasteiger partial charge on any atom is -0.370 e. The molecule has 1 unspecified atom stereocenters. The van der Waals surface area contributed by atoms with Crippen molar-refractivity contribution in [2.45, 2.75) is 40.2 Å². The fourth-order valence-electron chi connectivity index (χ4n) is 2.48. The fourth-order valence-corrected chi connectivity index (χ4v) is 2.48. The normalized spacial score (nSPS) is 23.8. The molecule has 2 nitrogen and oxygen atoms in total. The summed E-state index contributed by atoms with van der Waals surface area (Å²) in [4.78, 5) is 2.44. The van der Waals surface area contributed by atoms with E-state index in [1.807, 2.05) is 0 Å². The minimum atomic E-state index is 0.260. The molecule has 94 valence electrons. The van der Waals surface area contributed by atoms with Gasteiger partial charge in [-0.3, -0.25) is 0 Å². The molecule has 0 spiro atoms. The molecule has 0 amide bonds. The van der Waals surface area contributed by atoms with Crippen molar-refractivity contribution in [3.8, 4) is 0 Å². The van der Waals surface area contributed by atoms with Crippen LogP contribution in [0.3, 0.4) is 0 Å². The molecule has 1 saturated heterocycles. The lowest BCUT2D eigenvalue weighted by atomic mass is 9.78. The summed E-state index contributed by atoms with van der Waals surface area (Å²) in [5, 5.41) is 0. The quantitative estimate of drug-likeness (QED) is 0.806. The zero-order valence-corrected chi connectivity index (χ0v) is 11.5.